The van der Waals surface area contributed by atoms with Crippen molar-refractivity contribution < 1.29 is 36.2 Å². The molecule has 2 aliphatic heterocycles. The lowest BCUT2D eigenvalue weighted by atomic mass is 9.88. The van der Waals surface area contributed by atoms with Crippen molar-refractivity contribution >= 4 is 20.0 Å². The Kier molecular flexibility index (Phi) is 9.21. The first-order valence-corrected chi connectivity index (χ1v) is 15.8. The van der Waals surface area contributed by atoms with Crippen LogP contribution in [0.4, 0.5) is 0 Å². The quantitative estimate of drug-likeness (QED) is 0.356. The number of aryl methyl sites for hydroxylation is 1. The van der Waals surface area contributed by atoms with E-state index in [0.29, 0.717) is 49.6 Å². The standard InChI is InChI=1S/C26H37N3O8S2/c1-19-13-22(35-3)7-8-25(19)39(33,34)29-11-9-26(10-12-29)15-20(17-37-26)28-16-21(30)18-36-23-5-4-6-24(14-23)38(31,32)27-2/h4-8,13-14,20-21,27-28,30H,9-12,15-18H2,1-3H3. The first-order valence-electron chi connectivity index (χ1n) is 12.8. The maximum atomic E-state index is 13.3. The number of piperidine rings is 1. The van der Waals surface area contributed by atoms with E-state index in [1.807, 2.05) is 0 Å². The van der Waals surface area contributed by atoms with E-state index in [-0.39, 0.29) is 34.6 Å². The van der Waals surface area contributed by atoms with Gasteiger partial charge in [-0.15, -0.1) is 0 Å². The fourth-order valence-electron chi connectivity index (χ4n) is 5.04. The summed E-state index contributed by atoms with van der Waals surface area (Å²) in [5, 5.41) is 13.7. The molecule has 2 aromatic carbocycles. The van der Waals surface area contributed by atoms with Gasteiger partial charge < -0.3 is 24.6 Å². The van der Waals surface area contributed by atoms with Gasteiger partial charge in [-0.3, -0.25) is 0 Å². The maximum absolute atomic E-state index is 13.3. The first kappa shape index (κ1) is 29.7. The Morgan fingerprint density at radius 1 is 1.13 bits per heavy atom. The lowest BCUT2D eigenvalue weighted by molar-refractivity contribution is -0.0312. The Morgan fingerprint density at radius 2 is 1.87 bits per heavy atom. The van der Waals surface area contributed by atoms with Crippen molar-refractivity contribution in [1.29, 1.82) is 0 Å². The average Bonchev–Trinajstić information content (AvgIpc) is 3.32. The molecular weight excluding hydrogens is 546 g/mol. The van der Waals surface area contributed by atoms with E-state index in [2.05, 4.69) is 10.0 Å². The Morgan fingerprint density at radius 3 is 2.54 bits per heavy atom. The smallest absolute Gasteiger partial charge is 0.243 e. The van der Waals surface area contributed by atoms with Gasteiger partial charge in [-0.2, -0.15) is 4.31 Å². The maximum Gasteiger partial charge on any atom is 0.243 e. The predicted molar refractivity (Wildman–Crippen MR) is 145 cm³/mol. The van der Waals surface area contributed by atoms with Crippen LogP contribution in [0.1, 0.15) is 24.8 Å². The van der Waals surface area contributed by atoms with E-state index < -0.39 is 26.2 Å². The molecule has 2 fully saturated rings. The van der Waals surface area contributed by atoms with Gasteiger partial charge in [0.2, 0.25) is 20.0 Å². The molecule has 0 amide bonds. The van der Waals surface area contributed by atoms with Crippen LogP contribution in [-0.4, -0.2) is 91.0 Å². The second-order valence-electron chi connectivity index (χ2n) is 9.99. The minimum absolute atomic E-state index is 0.00757. The van der Waals surface area contributed by atoms with Crippen molar-refractivity contribution in [3.05, 3.63) is 48.0 Å². The first-order chi connectivity index (χ1) is 18.5. The summed E-state index contributed by atoms with van der Waals surface area (Å²) in [6, 6.07) is 11.1. The van der Waals surface area contributed by atoms with Crippen LogP contribution in [0, 0.1) is 6.92 Å². The van der Waals surface area contributed by atoms with Crippen molar-refractivity contribution in [2.75, 3.05) is 47.0 Å². The molecule has 2 unspecified atom stereocenters. The van der Waals surface area contributed by atoms with Crippen LogP contribution < -0.4 is 19.5 Å². The van der Waals surface area contributed by atoms with Crippen molar-refractivity contribution in [2.45, 2.75) is 53.7 Å². The molecule has 0 saturated carbocycles. The number of aliphatic hydroxyl groups is 1. The molecule has 0 aliphatic carbocycles. The second-order valence-corrected chi connectivity index (χ2v) is 13.8. The highest BCUT2D eigenvalue weighted by Crippen LogP contribution is 2.38. The summed E-state index contributed by atoms with van der Waals surface area (Å²) in [6.07, 6.45) is 1.10. The van der Waals surface area contributed by atoms with E-state index >= 15 is 0 Å². The number of rotatable bonds is 11. The van der Waals surface area contributed by atoms with E-state index in [1.54, 1.807) is 44.4 Å². The lowest BCUT2D eigenvalue weighted by Gasteiger charge is -2.38. The van der Waals surface area contributed by atoms with Gasteiger partial charge in [0.25, 0.3) is 0 Å². The molecule has 3 N–H and O–H groups in total. The number of sulfonamides is 2. The lowest BCUT2D eigenvalue weighted by Crippen LogP contribution is -2.47. The molecule has 13 heteroatoms. The summed E-state index contributed by atoms with van der Waals surface area (Å²) in [7, 11) is -4.32. The predicted octanol–water partition coefficient (Wildman–Crippen LogP) is 1.25. The van der Waals surface area contributed by atoms with Crippen LogP contribution in [0.25, 0.3) is 0 Å². The largest absolute Gasteiger partial charge is 0.497 e. The number of hydrogen-bond acceptors (Lipinski definition) is 9. The number of nitrogens with zero attached hydrogens (tertiary/aromatic N) is 1. The number of ether oxygens (including phenoxy) is 3. The van der Waals surface area contributed by atoms with E-state index in [9.17, 15) is 21.9 Å². The molecule has 0 bridgehead atoms. The molecular formula is C26H37N3O8S2. The average molecular weight is 584 g/mol. The Bertz CT molecular complexity index is 1360. The van der Waals surface area contributed by atoms with E-state index in [0.717, 1.165) is 6.42 Å². The van der Waals surface area contributed by atoms with Crippen LogP contribution in [-0.2, 0) is 24.8 Å². The molecule has 1 spiro atoms. The van der Waals surface area contributed by atoms with E-state index in [4.69, 9.17) is 14.2 Å². The zero-order chi connectivity index (χ0) is 28.3. The van der Waals surface area contributed by atoms with Gasteiger partial charge in [-0.1, -0.05) is 6.07 Å². The van der Waals surface area contributed by atoms with Crippen LogP contribution in [0.3, 0.4) is 0 Å². The number of benzene rings is 2. The van der Waals surface area contributed by atoms with Crippen molar-refractivity contribution in [1.82, 2.24) is 14.3 Å². The highest BCUT2D eigenvalue weighted by molar-refractivity contribution is 7.89. The Balaban J connectivity index is 1.24. The van der Waals surface area contributed by atoms with Gasteiger partial charge in [0.05, 0.1) is 29.1 Å². The van der Waals surface area contributed by atoms with Gasteiger partial charge in [-0.25, -0.2) is 21.6 Å². The molecule has 2 saturated heterocycles. The number of aliphatic hydroxyl groups excluding tert-OH is 1. The monoisotopic (exact) mass is 583 g/mol. The summed E-state index contributed by atoms with van der Waals surface area (Å²) in [5.74, 6) is 0.966. The molecule has 4 rings (SSSR count). The zero-order valence-electron chi connectivity index (χ0n) is 22.4. The molecule has 0 radical (unpaired) electrons. The molecule has 2 aliphatic rings. The number of nitrogens with one attached hydrogen (secondary N) is 2. The molecule has 0 aromatic heterocycles. The molecule has 2 heterocycles. The van der Waals surface area contributed by atoms with Crippen molar-refractivity contribution in [2.24, 2.45) is 0 Å². The number of hydrogen-bond donors (Lipinski definition) is 3. The molecule has 39 heavy (non-hydrogen) atoms. The third-order valence-electron chi connectivity index (χ3n) is 7.31. The van der Waals surface area contributed by atoms with Gasteiger partial charge in [0.15, 0.2) is 0 Å². The third-order valence-corrected chi connectivity index (χ3v) is 10.8. The fourth-order valence-corrected chi connectivity index (χ4v) is 7.45. The fraction of sp³-hybridized carbons (Fsp3) is 0.538. The van der Waals surface area contributed by atoms with Crippen molar-refractivity contribution in [3.8, 4) is 11.5 Å². The third kappa shape index (κ3) is 6.91. The molecule has 2 atom stereocenters. The Hall–Kier alpha value is -2.26. The minimum Gasteiger partial charge on any atom is -0.497 e. The Labute approximate surface area is 230 Å². The van der Waals surface area contributed by atoms with E-state index in [1.165, 1.54) is 23.5 Å². The SMILES string of the molecule is CNS(=O)(=O)c1cccc(OCC(O)CNC2COC3(CCN(S(=O)(=O)c4ccc(OC)cc4C)CC3)C2)c1. The summed E-state index contributed by atoms with van der Waals surface area (Å²) in [6.45, 7) is 3.25. The topological polar surface area (TPSA) is 144 Å². The van der Waals surface area contributed by atoms with Gasteiger partial charge in [0.1, 0.15) is 24.2 Å². The molecule has 216 valence electrons. The zero-order valence-corrected chi connectivity index (χ0v) is 24.1. The molecule has 11 nitrogen and oxygen atoms in total. The summed E-state index contributed by atoms with van der Waals surface area (Å²) in [4.78, 5) is 0.374. The van der Waals surface area contributed by atoms with Gasteiger partial charge in [-0.05, 0) is 69.1 Å². The van der Waals surface area contributed by atoms with Crippen LogP contribution in [0.2, 0.25) is 0 Å². The second kappa shape index (κ2) is 12.1. The highest BCUT2D eigenvalue weighted by Gasteiger charge is 2.45. The number of methoxy groups -OCH3 is 1. The normalized spacial score (nSPS) is 20.7. The minimum atomic E-state index is -3.62. The summed E-state index contributed by atoms with van der Waals surface area (Å²) < 4.78 is 71.2. The summed E-state index contributed by atoms with van der Waals surface area (Å²) >= 11 is 0. The van der Waals surface area contributed by atoms with Crippen LogP contribution >= 0.6 is 0 Å². The van der Waals surface area contributed by atoms with Crippen LogP contribution in [0.15, 0.2) is 52.3 Å². The highest BCUT2D eigenvalue weighted by atomic mass is 32.2. The summed E-state index contributed by atoms with van der Waals surface area (Å²) in [5.41, 5.74) is 0.258. The van der Waals surface area contributed by atoms with Crippen molar-refractivity contribution in [3.63, 3.8) is 0 Å². The van der Waals surface area contributed by atoms with Gasteiger partial charge in [0, 0.05) is 31.7 Å². The molecule has 2 aromatic rings. The van der Waals surface area contributed by atoms with Crippen LogP contribution in [0.5, 0.6) is 11.5 Å². The van der Waals surface area contributed by atoms with Gasteiger partial charge >= 0.3 is 0 Å².